The zero-order valence-corrected chi connectivity index (χ0v) is 9.15. The molecule has 0 amide bonds. The van der Waals surface area contributed by atoms with Crippen molar-refractivity contribution >= 4 is 13.8 Å². The predicted molar refractivity (Wildman–Crippen MR) is 62.9 cm³/mol. The van der Waals surface area contributed by atoms with Crippen LogP contribution >= 0.6 is 8.46 Å². The zero-order valence-electron chi connectivity index (χ0n) is 8.26. The minimum absolute atomic E-state index is 0.0976. The fourth-order valence-corrected chi connectivity index (χ4v) is 1.98. The molecule has 0 spiro atoms. The van der Waals surface area contributed by atoms with Crippen molar-refractivity contribution < 1.29 is 4.57 Å². The van der Waals surface area contributed by atoms with E-state index in [4.69, 9.17) is 0 Å². The Labute approximate surface area is 91.0 Å². The fraction of sp³-hybridized carbons (Fsp3) is 0.0769. The van der Waals surface area contributed by atoms with Crippen molar-refractivity contribution in [3.63, 3.8) is 0 Å². The van der Waals surface area contributed by atoms with Crippen LogP contribution in [-0.4, -0.2) is 0 Å². The van der Waals surface area contributed by atoms with Crippen molar-refractivity contribution in [1.82, 2.24) is 0 Å². The molecule has 0 radical (unpaired) electrons. The van der Waals surface area contributed by atoms with Crippen LogP contribution in [0.2, 0.25) is 0 Å². The van der Waals surface area contributed by atoms with Gasteiger partial charge in [0.25, 0.3) is 0 Å². The Morgan fingerprint density at radius 3 is 2.27 bits per heavy atom. The van der Waals surface area contributed by atoms with Gasteiger partial charge in [-0.3, -0.25) is 4.57 Å². The first-order chi connectivity index (χ1) is 7.40. The van der Waals surface area contributed by atoms with Gasteiger partial charge in [0.15, 0.2) is 8.46 Å². The summed E-state index contributed by atoms with van der Waals surface area (Å²) in [6.45, 7) is 0. The normalized spacial score (nSPS) is 10.4. The van der Waals surface area contributed by atoms with E-state index < -0.39 is 0 Å². The Balaban J connectivity index is 2.28. The monoisotopic (exact) mass is 214 g/mol. The Bertz CT molecular complexity index is 451. The molecule has 2 aromatic rings. The Morgan fingerprint density at radius 2 is 1.53 bits per heavy atom. The molecule has 2 heteroatoms. The molecule has 2 aromatic carbocycles. The SMILES string of the molecule is O=Pc1ccccc1Cc1ccccc1. The maximum absolute atomic E-state index is 10.9. The summed E-state index contributed by atoms with van der Waals surface area (Å²) in [5.74, 6) is 0. The average Bonchev–Trinajstić information content (AvgIpc) is 2.31. The smallest absolute Gasteiger partial charge is 0.192 e. The second-order valence-electron chi connectivity index (χ2n) is 3.38. The van der Waals surface area contributed by atoms with E-state index in [-0.39, 0.29) is 8.46 Å². The van der Waals surface area contributed by atoms with E-state index in [0.717, 1.165) is 17.3 Å². The Hall–Kier alpha value is -1.46. The van der Waals surface area contributed by atoms with Crippen molar-refractivity contribution in [2.75, 3.05) is 0 Å². The molecule has 15 heavy (non-hydrogen) atoms. The second-order valence-corrected chi connectivity index (χ2v) is 4.05. The van der Waals surface area contributed by atoms with E-state index in [1.54, 1.807) is 0 Å². The Morgan fingerprint density at radius 1 is 0.867 bits per heavy atom. The van der Waals surface area contributed by atoms with Crippen LogP contribution in [0.5, 0.6) is 0 Å². The van der Waals surface area contributed by atoms with Crippen LogP contribution in [0.3, 0.4) is 0 Å². The highest BCUT2D eigenvalue weighted by molar-refractivity contribution is 7.34. The zero-order chi connectivity index (χ0) is 10.5. The average molecular weight is 214 g/mol. The molecule has 0 aliphatic heterocycles. The molecule has 0 heterocycles. The first kappa shape index (κ1) is 10.1. The van der Waals surface area contributed by atoms with Gasteiger partial charge in [0, 0.05) is 5.30 Å². The first-order valence-corrected chi connectivity index (χ1v) is 5.66. The van der Waals surface area contributed by atoms with E-state index in [1.165, 1.54) is 5.56 Å². The van der Waals surface area contributed by atoms with Crippen LogP contribution in [0.15, 0.2) is 54.6 Å². The van der Waals surface area contributed by atoms with Gasteiger partial charge in [0.05, 0.1) is 0 Å². The standard InChI is InChI=1S/C13H11OP/c14-15-13-9-5-4-8-12(13)10-11-6-2-1-3-7-11/h1-9H,10H2. The summed E-state index contributed by atoms with van der Waals surface area (Å²) < 4.78 is 10.9. The third kappa shape index (κ3) is 2.51. The van der Waals surface area contributed by atoms with E-state index in [1.807, 2.05) is 42.5 Å². The molecule has 2 rings (SSSR count). The molecule has 0 aromatic heterocycles. The predicted octanol–water partition coefficient (Wildman–Crippen LogP) is 3.19. The highest BCUT2D eigenvalue weighted by atomic mass is 31.1. The first-order valence-electron chi connectivity index (χ1n) is 4.85. The second kappa shape index (κ2) is 4.86. The summed E-state index contributed by atoms with van der Waals surface area (Å²) in [5, 5.41) is 0.876. The fourth-order valence-electron chi connectivity index (χ4n) is 1.57. The maximum atomic E-state index is 10.9. The van der Waals surface area contributed by atoms with Gasteiger partial charge >= 0.3 is 0 Å². The molecular formula is C13H11OP. The molecule has 0 fully saturated rings. The van der Waals surface area contributed by atoms with Crippen molar-refractivity contribution in [3.05, 3.63) is 65.7 Å². The van der Waals surface area contributed by atoms with Crippen LogP contribution in [-0.2, 0) is 11.0 Å². The van der Waals surface area contributed by atoms with E-state index in [9.17, 15) is 4.57 Å². The van der Waals surface area contributed by atoms with Crippen LogP contribution in [0.4, 0.5) is 0 Å². The molecule has 0 unspecified atom stereocenters. The summed E-state index contributed by atoms with van der Waals surface area (Å²) in [4.78, 5) is 0. The largest absolute Gasteiger partial charge is 0.269 e. The lowest BCUT2D eigenvalue weighted by Gasteiger charge is -2.03. The van der Waals surface area contributed by atoms with Crippen molar-refractivity contribution in [1.29, 1.82) is 0 Å². The van der Waals surface area contributed by atoms with Gasteiger partial charge in [-0.2, -0.15) is 0 Å². The van der Waals surface area contributed by atoms with E-state index in [2.05, 4.69) is 12.1 Å². The molecular weight excluding hydrogens is 203 g/mol. The molecule has 1 nitrogen and oxygen atoms in total. The van der Waals surface area contributed by atoms with Gasteiger partial charge in [-0.1, -0.05) is 48.5 Å². The topological polar surface area (TPSA) is 17.1 Å². The number of benzene rings is 2. The number of hydrogen-bond donors (Lipinski definition) is 0. The minimum atomic E-state index is 0.0976. The van der Waals surface area contributed by atoms with Crippen molar-refractivity contribution in [2.24, 2.45) is 0 Å². The molecule has 74 valence electrons. The van der Waals surface area contributed by atoms with Crippen LogP contribution in [0.1, 0.15) is 11.1 Å². The summed E-state index contributed by atoms with van der Waals surface area (Å²) in [5.41, 5.74) is 2.37. The van der Waals surface area contributed by atoms with Gasteiger partial charge in [-0.25, -0.2) is 0 Å². The molecule has 0 aliphatic carbocycles. The molecule has 0 aliphatic rings. The van der Waals surface area contributed by atoms with Crippen LogP contribution < -0.4 is 5.30 Å². The summed E-state index contributed by atoms with van der Waals surface area (Å²) in [6, 6.07) is 18.0. The van der Waals surface area contributed by atoms with Gasteiger partial charge in [0.2, 0.25) is 0 Å². The summed E-state index contributed by atoms with van der Waals surface area (Å²) in [7, 11) is 0.0976. The lowest BCUT2D eigenvalue weighted by molar-refractivity contribution is 0.603. The molecule has 0 saturated heterocycles. The van der Waals surface area contributed by atoms with Crippen molar-refractivity contribution in [2.45, 2.75) is 6.42 Å². The lowest BCUT2D eigenvalue weighted by atomic mass is 10.1. The molecule has 0 saturated carbocycles. The Kier molecular flexibility index (Phi) is 3.26. The van der Waals surface area contributed by atoms with E-state index in [0.29, 0.717) is 0 Å². The molecule has 0 N–H and O–H groups in total. The van der Waals surface area contributed by atoms with Gasteiger partial charge in [0.1, 0.15) is 0 Å². The van der Waals surface area contributed by atoms with Gasteiger partial charge < -0.3 is 0 Å². The highest BCUT2D eigenvalue weighted by Crippen LogP contribution is 2.10. The van der Waals surface area contributed by atoms with Crippen molar-refractivity contribution in [3.8, 4) is 0 Å². The quantitative estimate of drug-likeness (QED) is 0.717. The van der Waals surface area contributed by atoms with Gasteiger partial charge in [-0.05, 0) is 23.6 Å². The van der Waals surface area contributed by atoms with Crippen LogP contribution in [0.25, 0.3) is 0 Å². The minimum Gasteiger partial charge on any atom is -0.269 e. The van der Waals surface area contributed by atoms with Crippen LogP contribution in [0, 0.1) is 0 Å². The third-order valence-electron chi connectivity index (χ3n) is 2.33. The summed E-state index contributed by atoms with van der Waals surface area (Å²) in [6.07, 6.45) is 0.840. The molecule has 0 atom stereocenters. The number of hydrogen-bond acceptors (Lipinski definition) is 1. The third-order valence-corrected chi connectivity index (χ3v) is 2.96. The summed E-state index contributed by atoms with van der Waals surface area (Å²) >= 11 is 0. The number of rotatable bonds is 3. The highest BCUT2D eigenvalue weighted by Gasteiger charge is 2.01. The van der Waals surface area contributed by atoms with E-state index >= 15 is 0 Å². The van der Waals surface area contributed by atoms with Gasteiger partial charge in [-0.15, -0.1) is 0 Å². The maximum Gasteiger partial charge on any atom is 0.192 e. The molecule has 0 bridgehead atoms. The lowest BCUT2D eigenvalue weighted by Crippen LogP contribution is -2.02.